The lowest BCUT2D eigenvalue weighted by Gasteiger charge is -2.29. The van der Waals surface area contributed by atoms with Gasteiger partial charge >= 0.3 is 0 Å². The van der Waals surface area contributed by atoms with Gasteiger partial charge in [0, 0.05) is 60.0 Å². The molecule has 0 spiro atoms. The van der Waals surface area contributed by atoms with Crippen molar-refractivity contribution >= 4 is 27.5 Å². The number of nitrogens with zero attached hydrogens (tertiary/aromatic N) is 4. The molecule has 0 aliphatic carbocycles. The smallest absolute Gasteiger partial charge is 0.251 e. The van der Waals surface area contributed by atoms with Crippen LogP contribution in [0.15, 0.2) is 48.5 Å². The molecular weight excluding hydrogens is 550 g/mol. The first kappa shape index (κ1) is 28.8. The summed E-state index contributed by atoms with van der Waals surface area (Å²) in [6.45, 7) is 3.74. The van der Waals surface area contributed by atoms with E-state index in [1.54, 1.807) is 18.2 Å². The van der Waals surface area contributed by atoms with E-state index in [0.717, 1.165) is 48.3 Å². The quantitative estimate of drug-likeness (QED) is 0.399. The third-order valence-corrected chi connectivity index (χ3v) is 9.28. The monoisotopic (exact) mass is 585 g/mol. The summed E-state index contributed by atoms with van der Waals surface area (Å²) in [7, 11) is -3.39. The fraction of sp³-hybridized carbons (Fsp3) is 0.448. The number of benzene rings is 2. The number of hydrogen-bond donors (Lipinski definition) is 2. The maximum atomic E-state index is 12.6. The fourth-order valence-corrected chi connectivity index (χ4v) is 6.52. The second kappa shape index (κ2) is 12.4. The molecule has 1 aromatic heterocycles. The number of aliphatic hydroxyl groups excluding tert-OH is 1. The van der Waals surface area contributed by atoms with E-state index in [0.29, 0.717) is 42.3 Å². The van der Waals surface area contributed by atoms with Crippen LogP contribution in [0.25, 0.3) is 11.3 Å². The van der Waals surface area contributed by atoms with Crippen molar-refractivity contribution in [1.29, 1.82) is 0 Å². The van der Waals surface area contributed by atoms with E-state index >= 15 is 0 Å². The summed E-state index contributed by atoms with van der Waals surface area (Å²) >= 11 is 6.50. The van der Waals surface area contributed by atoms with Gasteiger partial charge in [0.15, 0.2) is 0 Å². The van der Waals surface area contributed by atoms with Crippen LogP contribution in [-0.4, -0.2) is 77.0 Å². The van der Waals surface area contributed by atoms with E-state index in [2.05, 4.69) is 10.2 Å². The predicted molar refractivity (Wildman–Crippen MR) is 156 cm³/mol. The van der Waals surface area contributed by atoms with Gasteiger partial charge in [-0.3, -0.25) is 9.48 Å². The molecule has 0 bridgehead atoms. The van der Waals surface area contributed by atoms with Crippen molar-refractivity contribution in [2.45, 2.75) is 51.4 Å². The standard InChI is InChI=1S/C29H36ClN5O4S/c1-40(38,39)34-15-12-27-25(20-34)28(32-35(27)19-24(36)18-33-13-6-3-7-14-33)22-10-11-26(30)23(16-22)17-31-29(37)21-8-4-2-5-9-21/h2,4-5,8-11,16,24,36H,3,6-7,12-15,17-20H2,1H3,(H,31,37). The highest BCUT2D eigenvalue weighted by atomic mass is 35.5. The molecule has 0 saturated carbocycles. The number of carbonyl (C=O) groups excluding carboxylic acids is 1. The first-order valence-electron chi connectivity index (χ1n) is 13.7. The summed E-state index contributed by atoms with van der Waals surface area (Å²) < 4.78 is 28.1. The predicted octanol–water partition coefficient (Wildman–Crippen LogP) is 3.30. The Morgan fingerprint density at radius 2 is 1.82 bits per heavy atom. The molecule has 1 fully saturated rings. The van der Waals surface area contributed by atoms with Crippen molar-refractivity contribution < 1.29 is 18.3 Å². The van der Waals surface area contributed by atoms with Crippen molar-refractivity contribution in [3.05, 3.63) is 75.9 Å². The number of rotatable bonds is 9. The number of β-amino-alcohol motifs (C(OH)–C–C–N with tert-alkyl or cyclic N) is 1. The highest BCUT2D eigenvalue weighted by Crippen LogP contribution is 2.33. The Morgan fingerprint density at radius 3 is 2.55 bits per heavy atom. The fourth-order valence-electron chi connectivity index (χ4n) is 5.55. The summed E-state index contributed by atoms with van der Waals surface area (Å²) in [5.41, 5.74) is 4.52. The van der Waals surface area contributed by atoms with Gasteiger partial charge in [0.05, 0.1) is 24.6 Å². The van der Waals surface area contributed by atoms with Gasteiger partial charge in [-0.25, -0.2) is 8.42 Å². The minimum Gasteiger partial charge on any atom is -0.390 e. The number of aliphatic hydroxyl groups is 1. The second-order valence-corrected chi connectivity index (χ2v) is 13.1. The molecule has 9 nitrogen and oxygen atoms in total. The van der Waals surface area contributed by atoms with Crippen LogP contribution >= 0.6 is 11.6 Å². The normalized spacial score (nSPS) is 17.4. The summed E-state index contributed by atoms with van der Waals surface area (Å²) in [5, 5.41) is 19.3. The molecule has 1 atom stereocenters. The molecule has 1 amide bonds. The minimum atomic E-state index is -3.39. The zero-order chi connectivity index (χ0) is 28.3. The van der Waals surface area contributed by atoms with Crippen molar-refractivity contribution in [2.75, 3.05) is 32.4 Å². The summed E-state index contributed by atoms with van der Waals surface area (Å²) in [6, 6.07) is 14.5. The maximum Gasteiger partial charge on any atom is 0.251 e. The van der Waals surface area contributed by atoms with Gasteiger partial charge in [0.25, 0.3) is 5.91 Å². The van der Waals surface area contributed by atoms with E-state index < -0.39 is 16.1 Å². The van der Waals surface area contributed by atoms with Crippen molar-refractivity contribution in [1.82, 2.24) is 24.3 Å². The van der Waals surface area contributed by atoms with Crippen LogP contribution in [0.5, 0.6) is 0 Å². The zero-order valence-electron chi connectivity index (χ0n) is 22.7. The van der Waals surface area contributed by atoms with Gasteiger partial charge in [-0.1, -0.05) is 42.3 Å². The minimum absolute atomic E-state index is 0.199. The number of sulfonamides is 1. The molecule has 1 saturated heterocycles. The topological polar surface area (TPSA) is 108 Å². The van der Waals surface area contributed by atoms with E-state index in [4.69, 9.17) is 16.7 Å². The number of piperidine rings is 1. The highest BCUT2D eigenvalue weighted by molar-refractivity contribution is 7.88. The molecule has 3 heterocycles. The number of amides is 1. The Balaban J connectivity index is 1.41. The molecule has 11 heteroatoms. The molecule has 2 aliphatic rings. The molecule has 5 rings (SSSR count). The van der Waals surface area contributed by atoms with Gasteiger partial charge in [-0.15, -0.1) is 0 Å². The number of carbonyl (C=O) groups is 1. The molecule has 3 aromatic rings. The van der Waals surface area contributed by atoms with Gasteiger partial charge in [0.1, 0.15) is 0 Å². The summed E-state index contributed by atoms with van der Waals surface area (Å²) in [4.78, 5) is 14.9. The lowest BCUT2D eigenvalue weighted by molar-refractivity contribution is 0.0847. The summed E-state index contributed by atoms with van der Waals surface area (Å²) in [6.07, 6.45) is 4.69. The van der Waals surface area contributed by atoms with E-state index in [1.807, 2.05) is 35.0 Å². The van der Waals surface area contributed by atoms with Gasteiger partial charge in [0.2, 0.25) is 10.0 Å². The average Bonchev–Trinajstić information content (AvgIpc) is 3.30. The van der Waals surface area contributed by atoms with E-state index in [-0.39, 0.29) is 19.0 Å². The first-order valence-corrected chi connectivity index (χ1v) is 16.0. The third kappa shape index (κ3) is 6.75. The van der Waals surface area contributed by atoms with Gasteiger partial charge in [-0.2, -0.15) is 9.40 Å². The van der Waals surface area contributed by atoms with Crippen LogP contribution < -0.4 is 5.32 Å². The Labute approximate surface area is 240 Å². The molecule has 1 unspecified atom stereocenters. The zero-order valence-corrected chi connectivity index (χ0v) is 24.3. The third-order valence-electron chi connectivity index (χ3n) is 7.66. The molecule has 2 aromatic carbocycles. The molecule has 0 radical (unpaired) electrons. The summed E-state index contributed by atoms with van der Waals surface area (Å²) in [5.74, 6) is -0.199. The average molecular weight is 586 g/mol. The molecular formula is C29H36ClN5O4S. The van der Waals surface area contributed by atoms with Crippen LogP contribution in [0.3, 0.4) is 0 Å². The molecule has 214 valence electrons. The molecule has 40 heavy (non-hydrogen) atoms. The SMILES string of the molecule is CS(=O)(=O)N1CCc2c(c(-c3ccc(Cl)c(CNC(=O)c4ccccc4)c3)nn2CC(O)CN2CCCCC2)C1. The Hall–Kier alpha value is -2.76. The maximum absolute atomic E-state index is 12.6. The second-order valence-electron chi connectivity index (χ2n) is 10.7. The lowest BCUT2D eigenvalue weighted by atomic mass is 10.0. The molecule has 2 N–H and O–H groups in total. The number of hydrogen-bond acceptors (Lipinski definition) is 6. The number of aromatic nitrogens is 2. The Bertz CT molecular complexity index is 1450. The van der Waals surface area contributed by atoms with E-state index in [9.17, 15) is 18.3 Å². The van der Waals surface area contributed by atoms with Gasteiger partial charge < -0.3 is 15.3 Å². The number of halogens is 1. The largest absolute Gasteiger partial charge is 0.390 e. The number of fused-ring (bicyclic) bond motifs is 1. The first-order chi connectivity index (χ1) is 19.2. The van der Waals surface area contributed by atoms with Gasteiger partial charge in [-0.05, 0) is 55.8 Å². The van der Waals surface area contributed by atoms with Crippen molar-refractivity contribution in [3.63, 3.8) is 0 Å². The van der Waals surface area contributed by atoms with Crippen LogP contribution in [0.2, 0.25) is 5.02 Å². The number of nitrogens with one attached hydrogen (secondary N) is 1. The van der Waals surface area contributed by atoms with Crippen LogP contribution in [0.1, 0.15) is 46.4 Å². The highest BCUT2D eigenvalue weighted by Gasteiger charge is 2.30. The number of likely N-dealkylation sites (tertiary alicyclic amines) is 1. The van der Waals surface area contributed by atoms with Crippen molar-refractivity contribution in [3.8, 4) is 11.3 Å². The molecule has 2 aliphatic heterocycles. The Kier molecular flexibility index (Phi) is 8.92. The van der Waals surface area contributed by atoms with Crippen molar-refractivity contribution in [2.24, 2.45) is 0 Å². The van der Waals surface area contributed by atoms with E-state index in [1.165, 1.54) is 17.0 Å². The van der Waals surface area contributed by atoms with Crippen LogP contribution in [-0.2, 0) is 36.1 Å². The van der Waals surface area contributed by atoms with Crippen LogP contribution in [0.4, 0.5) is 0 Å². The Morgan fingerprint density at radius 1 is 1.07 bits per heavy atom. The lowest BCUT2D eigenvalue weighted by Crippen LogP contribution is -2.39. The van der Waals surface area contributed by atoms with Crippen LogP contribution in [0, 0.1) is 0 Å².